The molecule has 3 atom stereocenters. The fourth-order valence-corrected chi connectivity index (χ4v) is 6.55. The molecule has 0 heterocycles. The molecule has 0 bridgehead atoms. The van der Waals surface area contributed by atoms with E-state index < -0.39 is 20.0 Å². The highest BCUT2D eigenvalue weighted by Crippen LogP contribution is 2.43. The summed E-state index contributed by atoms with van der Waals surface area (Å²) in [4.78, 5) is 22.6. The molecule has 0 aromatic heterocycles. The molecule has 0 spiro atoms. The molecule has 3 unspecified atom stereocenters. The normalized spacial score (nSPS) is 14.6. The number of hydrogen-bond donors (Lipinski definition) is 4. The number of carbonyl (C=O) groups excluding carboxylic acids is 1. The average Bonchev–Trinajstić information content (AvgIpc) is 3.10. The lowest BCUT2D eigenvalue weighted by Crippen LogP contribution is -2.45. The zero-order valence-electron chi connectivity index (χ0n) is 32.4. The molecule has 0 fully saturated rings. The molecule has 0 aromatic carbocycles. The van der Waals surface area contributed by atoms with Crippen molar-refractivity contribution in [2.24, 2.45) is 5.73 Å². The van der Waals surface area contributed by atoms with Crippen LogP contribution in [-0.2, 0) is 18.4 Å². The number of phosphoric ester groups is 1. The molecule has 5 N–H and O–H groups in total. The van der Waals surface area contributed by atoms with Gasteiger partial charge in [0.05, 0.1) is 25.4 Å². The number of carbonyl (C=O) groups is 1. The highest BCUT2D eigenvalue weighted by molar-refractivity contribution is 7.47. The number of nitrogens with one attached hydrogen (secondary N) is 1. The lowest BCUT2D eigenvalue weighted by Gasteiger charge is -2.23. The second-order valence-corrected chi connectivity index (χ2v) is 15.3. The standard InChI is InChI=1S/C41H79N2O6P/c1-3-5-7-9-11-13-15-17-19-20-21-23-25-27-29-31-33-35-41(45)43-39(38-49-50(46,47)48-37-36-42)40(44)34-32-30-28-26-24-22-18-16-14-12-10-8-6-4-2/h17,19,24,26,32,34,39-40,44H,3-16,18,20-23,25,27-31,33,35-38,42H2,1-2H3,(H,43,45)(H,46,47)/b19-17-,26-24+,34-32+. The molecule has 0 aromatic rings. The predicted octanol–water partition coefficient (Wildman–Crippen LogP) is 11.2. The summed E-state index contributed by atoms with van der Waals surface area (Å²) >= 11 is 0. The maximum Gasteiger partial charge on any atom is 0.472 e. The summed E-state index contributed by atoms with van der Waals surface area (Å²) in [6, 6.07) is -0.877. The van der Waals surface area contributed by atoms with Crippen LogP contribution < -0.4 is 11.1 Å². The van der Waals surface area contributed by atoms with Gasteiger partial charge in [-0.05, 0) is 57.8 Å². The second kappa shape index (κ2) is 37.5. The predicted molar refractivity (Wildman–Crippen MR) is 212 cm³/mol. The van der Waals surface area contributed by atoms with Crippen molar-refractivity contribution in [2.75, 3.05) is 19.8 Å². The van der Waals surface area contributed by atoms with E-state index in [9.17, 15) is 19.4 Å². The molecule has 0 saturated heterocycles. The minimum atomic E-state index is -4.34. The number of aliphatic hydroxyl groups excluding tert-OH is 1. The van der Waals surface area contributed by atoms with Gasteiger partial charge in [-0.1, -0.05) is 159 Å². The van der Waals surface area contributed by atoms with Crippen LogP contribution in [0.4, 0.5) is 0 Å². The van der Waals surface area contributed by atoms with E-state index in [0.29, 0.717) is 6.42 Å². The molecule has 9 heteroatoms. The highest BCUT2D eigenvalue weighted by Gasteiger charge is 2.26. The van der Waals surface area contributed by atoms with Crippen molar-refractivity contribution in [1.82, 2.24) is 5.32 Å². The van der Waals surface area contributed by atoms with Gasteiger partial charge in [-0.3, -0.25) is 13.8 Å². The van der Waals surface area contributed by atoms with E-state index in [1.807, 2.05) is 6.08 Å². The molecule has 0 rings (SSSR count). The Balaban J connectivity index is 4.30. The van der Waals surface area contributed by atoms with E-state index in [0.717, 1.165) is 38.5 Å². The third-order valence-electron chi connectivity index (χ3n) is 8.94. The summed E-state index contributed by atoms with van der Waals surface area (Å²) in [6.45, 7) is 4.09. The van der Waals surface area contributed by atoms with Gasteiger partial charge in [-0.2, -0.15) is 0 Å². The fraction of sp³-hybridized carbons (Fsp3) is 0.829. The van der Waals surface area contributed by atoms with Crippen molar-refractivity contribution in [2.45, 2.75) is 199 Å². The van der Waals surface area contributed by atoms with Crippen LogP contribution in [-0.4, -0.2) is 47.8 Å². The first-order valence-corrected chi connectivity index (χ1v) is 22.1. The Hall–Kier alpha value is -1.28. The Labute approximate surface area is 308 Å². The topological polar surface area (TPSA) is 131 Å². The molecule has 0 aliphatic heterocycles. The van der Waals surface area contributed by atoms with Crippen LogP contribution in [0.25, 0.3) is 0 Å². The van der Waals surface area contributed by atoms with Gasteiger partial charge in [0, 0.05) is 13.0 Å². The number of aliphatic hydroxyl groups is 1. The molecule has 0 aliphatic rings. The molecular weight excluding hydrogens is 647 g/mol. The van der Waals surface area contributed by atoms with Gasteiger partial charge in [-0.25, -0.2) is 4.57 Å². The molecule has 0 aliphatic carbocycles. The highest BCUT2D eigenvalue weighted by atomic mass is 31.2. The van der Waals surface area contributed by atoms with E-state index >= 15 is 0 Å². The number of allylic oxidation sites excluding steroid dienone is 5. The van der Waals surface area contributed by atoms with Crippen LogP contribution in [0.2, 0.25) is 0 Å². The quantitative estimate of drug-likeness (QED) is 0.0283. The molecule has 50 heavy (non-hydrogen) atoms. The SMILES string of the molecule is CCCCCCCC/C=C\CCCCCCCCCC(=O)NC(COP(=O)(O)OCCN)C(O)/C=C/CC/C=C/CCCCCCCCCC. The summed E-state index contributed by atoms with van der Waals surface area (Å²) in [5.41, 5.74) is 5.36. The van der Waals surface area contributed by atoms with Crippen LogP contribution in [0.3, 0.4) is 0 Å². The van der Waals surface area contributed by atoms with Crippen molar-refractivity contribution in [3.63, 3.8) is 0 Å². The van der Waals surface area contributed by atoms with Crippen LogP contribution in [0.5, 0.6) is 0 Å². The van der Waals surface area contributed by atoms with Gasteiger partial charge >= 0.3 is 7.82 Å². The molecule has 294 valence electrons. The number of amides is 1. The minimum absolute atomic E-state index is 0.0731. The van der Waals surface area contributed by atoms with Crippen molar-refractivity contribution in [3.05, 3.63) is 36.5 Å². The van der Waals surface area contributed by atoms with Crippen molar-refractivity contribution in [1.29, 1.82) is 0 Å². The second-order valence-electron chi connectivity index (χ2n) is 13.8. The van der Waals surface area contributed by atoms with Gasteiger partial charge in [0.2, 0.25) is 5.91 Å². The van der Waals surface area contributed by atoms with E-state index in [-0.39, 0.29) is 25.7 Å². The van der Waals surface area contributed by atoms with E-state index in [1.165, 1.54) is 128 Å². The maximum atomic E-state index is 12.7. The lowest BCUT2D eigenvalue weighted by atomic mass is 10.1. The number of unbranched alkanes of at least 4 members (excludes halogenated alkanes) is 22. The van der Waals surface area contributed by atoms with Crippen molar-refractivity contribution in [3.8, 4) is 0 Å². The van der Waals surface area contributed by atoms with Gasteiger partial charge in [0.25, 0.3) is 0 Å². The molecule has 0 radical (unpaired) electrons. The number of phosphoric acid groups is 1. The third-order valence-corrected chi connectivity index (χ3v) is 9.92. The Kier molecular flexibility index (Phi) is 36.5. The van der Waals surface area contributed by atoms with Gasteiger partial charge in [0.1, 0.15) is 0 Å². The lowest BCUT2D eigenvalue weighted by molar-refractivity contribution is -0.123. The van der Waals surface area contributed by atoms with Gasteiger partial charge in [-0.15, -0.1) is 0 Å². The molecule has 8 nitrogen and oxygen atoms in total. The fourth-order valence-electron chi connectivity index (χ4n) is 5.79. The summed E-state index contributed by atoms with van der Waals surface area (Å²) in [5, 5.41) is 13.6. The summed E-state index contributed by atoms with van der Waals surface area (Å²) in [6.07, 6.45) is 43.3. The van der Waals surface area contributed by atoms with Crippen LogP contribution in [0.15, 0.2) is 36.5 Å². The van der Waals surface area contributed by atoms with E-state index in [2.05, 4.69) is 43.5 Å². The Bertz CT molecular complexity index is 881. The van der Waals surface area contributed by atoms with Gasteiger partial charge < -0.3 is 21.1 Å². The van der Waals surface area contributed by atoms with Gasteiger partial charge in [0.15, 0.2) is 0 Å². The van der Waals surface area contributed by atoms with Crippen molar-refractivity contribution >= 4 is 13.7 Å². The first kappa shape index (κ1) is 48.7. The summed E-state index contributed by atoms with van der Waals surface area (Å²) < 4.78 is 22.1. The van der Waals surface area contributed by atoms with E-state index in [4.69, 9.17) is 14.8 Å². The number of hydrogen-bond acceptors (Lipinski definition) is 6. The van der Waals surface area contributed by atoms with Crippen LogP contribution in [0.1, 0.15) is 187 Å². The Morgan fingerprint density at radius 3 is 1.54 bits per heavy atom. The van der Waals surface area contributed by atoms with Crippen LogP contribution >= 0.6 is 7.82 Å². The summed E-state index contributed by atoms with van der Waals surface area (Å²) in [7, 11) is -4.34. The zero-order valence-corrected chi connectivity index (χ0v) is 33.3. The van der Waals surface area contributed by atoms with Crippen molar-refractivity contribution < 1.29 is 28.4 Å². The third kappa shape index (κ3) is 35.1. The molecule has 1 amide bonds. The first-order valence-electron chi connectivity index (χ1n) is 20.6. The maximum absolute atomic E-state index is 12.7. The number of nitrogens with two attached hydrogens (primary N) is 1. The Morgan fingerprint density at radius 1 is 0.640 bits per heavy atom. The Morgan fingerprint density at radius 2 is 1.06 bits per heavy atom. The largest absolute Gasteiger partial charge is 0.472 e. The minimum Gasteiger partial charge on any atom is -0.387 e. The monoisotopic (exact) mass is 727 g/mol. The smallest absolute Gasteiger partial charge is 0.387 e. The zero-order chi connectivity index (χ0) is 36.8. The number of rotatable bonds is 38. The van der Waals surface area contributed by atoms with E-state index in [1.54, 1.807) is 6.08 Å². The molecular formula is C41H79N2O6P. The first-order chi connectivity index (χ1) is 24.4. The van der Waals surface area contributed by atoms with Crippen LogP contribution in [0, 0.1) is 0 Å². The average molecular weight is 727 g/mol. The molecule has 0 saturated carbocycles. The summed E-state index contributed by atoms with van der Waals surface area (Å²) in [5.74, 6) is -0.210.